The third-order valence-electron chi connectivity index (χ3n) is 4.94. The van der Waals surface area contributed by atoms with Crippen LogP contribution in [0.2, 0.25) is 0 Å². The second kappa shape index (κ2) is 5.13. The summed E-state index contributed by atoms with van der Waals surface area (Å²) in [6, 6.07) is 3.97. The minimum absolute atomic E-state index is 0.0301. The van der Waals surface area contributed by atoms with Gasteiger partial charge in [0.2, 0.25) is 0 Å². The molecule has 5 nitrogen and oxygen atoms in total. The van der Waals surface area contributed by atoms with Crippen molar-refractivity contribution in [2.75, 3.05) is 19.8 Å². The Balaban J connectivity index is 1.59. The highest BCUT2D eigenvalue weighted by Gasteiger charge is 2.46. The molecular weight excluding hydrogens is 350 g/mol. The fourth-order valence-corrected chi connectivity index (χ4v) is 3.77. The molecular formula is C16H18BrNO4. The SMILES string of the molecule is O=C(O)C1CNC(c2cc3c(cc2Br)OCC2(CC2)CO3)C1. The van der Waals surface area contributed by atoms with E-state index in [1.807, 2.05) is 12.1 Å². The van der Waals surface area contributed by atoms with Gasteiger partial charge in [0.15, 0.2) is 11.5 Å². The van der Waals surface area contributed by atoms with Crippen molar-refractivity contribution in [2.24, 2.45) is 11.3 Å². The van der Waals surface area contributed by atoms with Crippen LogP contribution in [-0.4, -0.2) is 30.8 Å². The molecule has 4 rings (SSSR count). The molecule has 118 valence electrons. The van der Waals surface area contributed by atoms with Gasteiger partial charge in [-0.2, -0.15) is 0 Å². The molecule has 0 bridgehead atoms. The number of carbonyl (C=O) groups is 1. The van der Waals surface area contributed by atoms with Crippen LogP contribution in [0.1, 0.15) is 30.9 Å². The molecule has 1 aromatic carbocycles. The maximum Gasteiger partial charge on any atom is 0.307 e. The fraction of sp³-hybridized carbons (Fsp3) is 0.562. The predicted molar refractivity (Wildman–Crippen MR) is 83.3 cm³/mol. The van der Waals surface area contributed by atoms with Crippen LogP contribution in [0.25, 0.3) is 0 Å². The highest BCUT2D eigenvalue weighted by molar-refractivity contribution is 9.10. The van der Waals surface area contributed by atoms with Crippen molar-refractivity contribution in [3.05, 3.63) is 22.2 Å². The smallest absolute Gasteiger partial charge is 0.307 e. The van der Waals surface area contributed by atoms with E-state index in [2.05, 4.69) is 21.2 Å². The molecule has 2 atom stereocenters. The summed E-state index contributed by atoms with van der Waals surface area (Å²) in [5.41, 5.74) is 1.25. The lowest BCUT2D eigenvalue weighted by Crippen LogP contribution is -2.17. The van der Waals surface area contributed by atoms with Crippen LogP contribution < -0.4 is 14.8 Å². The van der Waals surface area contributed by atoms with Gasteiger partial charge in [-0.05, 0) is 37.0 Å². The summed E-state index contributed by atoms with van der Waals surface area (Å²) >= 11 is 3.59. The molecule has 1 saturated carbocycles. The maximum absolute atomic E-state index is 11.1. The first kappa shape index (κ1) is 14.3. The van der Waals surface area contributed by atoms with E-state index >= 15 is 0 Å². The monoisotopic (exact) mass is 367 g/mol. The Morgan fingerprint density at radius 2 is 1.95 bits per heavy atom. The van der Waals surface area contributed by atoms with Crippen LogP contribution in [0.5, 0.6) is 11.5 Å². The molecule has 1 aromatic rings. The van der Waals surface area contributed by atoms with Crippen LogP contribution in [-0.2, 0) is 4.79 Å². The number of carboxylic acids is 1. The summed E-state index contributed by atoms with van der Waals surface area (Å²) in [6.45, 7) is 1.93. The Morgan fingerprint density at radius 1 is 1.27 bits per heavy atom. The average Bonchev–Trinajstić information content (AvgIpc) is 3.14. The van der Waals surface area contributed by atoms with Crippen molar-refractivity contribution >= 4 is 21.9 Å². The number of fused-ring (bicyclic) bond motifs is 1. The van der Waals surface area contributed by atoms with E-state index in [4.69, 9.17) is 14.6 Å². The van der Waals surface area contributed by atoms with E-state index in [0.717, 1.165) is 21.5 Å². The molecule has 2 N–H and O–H groups in total. The van der Waals surface area contributed by atoms with E-state index in [9.17, 15) is 4.79 Å². The molecule has 22 heavy (non-hydrogen) atoms. The van der Waals surface area contributed by atoms with Gasteiger partial charge in [-0.15, -0.1) is 0 Å². The molecule has 2 heterocycles. The zero-order chi connectivity index (χ0) is 15.3. The summed E-state index contributed by atoms with van der Waals surface area (Å²) in [4.78, 5) is 11.1. The molecule has 1 saturated heterocycles. The topological polar surface area (TPSA) is 67.8 Å². The number of carboxylic acid groups (broad SMARTS) is 1. The van der Waals surface area contributed by atoms with Crippen LogP contribution in [0.3, 0.4) is 0 Å². The molecule has 1 spiro atoms. The minimum atomic E-state index is -0.740. The molecule has 6 heteroatoms. The number of nitrogens with one attached hydrogen (secondary N) is 1. The van der Waals surface area contributed by atoms with Crippen molar-refractivity contribution in [1.82, 2.24) is 5.32 Å². The zero-order valence-electron chi connectivity index (χ0n) is 12.1. The summed E-state index contributed by atoms with van der Waals surface area (Å²) in [6.07, 6.45) is 2.93. The Labute approximate surface area is 137 Å². The quantitative estimate of drug-likeness (QED) is 0.840. The van der Waals surface area contributed by atoms with Gasteiger partial charge in [-0.1, -0.05) is 15.9 Å². The molecule has 0 amide bonds. The first-order valence-corrected chi connectivity index (χ1v) is 8.41. The van der Waals surface area contributed by atoms with Gasteiger partial charge in [-0.3, -0.25) is 4.79 Å². The van der Waals surface area contributed by atoms with E-state index in [0.29, 0.717) is 26.2 Å². The van der Waals surface area contributed by atoms with Crippen molar-refractivity contribution in [1.29, 1.82) is 0 Å². The van der Waals surface area contributed by atoms with E-state index in [-0.39, 0.29) is 17.4 Å². The van der Waals surface area contributed by atoms with Gasteiger partial charge in [-0.25, -0.2) is 0 Å². The lowest BCUT2D eigenvalue weighted by atomic mass is 10.00. The molecule has 0 aromatic heterocycles. The van der Waals surface area contributed by atoms with Gasteiger partial charge >= 0.3 is 5.97 Å². The van der Waals surface area contributed by atoms with Crippen molar-refractivity contribution in [3.8, 4) is 11.5 Å². The highest BCUT2D eigenvalue weighted by Crippen LogP contribution is 2.50. The summed E-state index contributed by atoms with van der Waals surface area (Å²) in [7, 11) is 0. The fourth-order valence-electron chi connectivity index (χ4n) is 3.17. The molecule has 2 fully saturated rings. The number of halogens is 1. The van der Waals surface area contributed by atoms with Crippen molar-refractivity contribution < 1.29 is 19.4 Å². The van der Waals surface area contributed by atoms with E-state index in [1.54, 1.807) is 0 Å². The summed E-state index contributed by atoms with van der Waals surface area (Å²) in [5.74, 6) is 0.466. The van der Waals surface area contributed by atoms with Crippen molar-refractivity contribution in [3.63, 3.8) is 0 Å². The Hall–Kier alpha value is -1.27. The standard InChI is InChI=1S/C16H18BrNO4/c17-11-5-14-13(21-7-16(1-2-16)8-22-14)4-10(11)12-3-9(6-18-12)15(19)20/h4-5,9,12,18H,1-3,6-8H2,(H,19,20). The van der Waals surface area contributed by atoms with E-state index < -0.39 is 5.97 Å². The zero-order valence-corrected chi connectivity index (χ0v) is 13.7. The largest absolute Gasteiger partial charge is 0.489 e. The van der Waals surface area contributed by atoms with E-state index in [1.165, 1.54) is 12.8 Å². The van der Waals surface area contributed by atoms with Gasteiger partial charge in [0.05, 0.1) is 19.1 Å². The Kier molecular flexibility index (Phi) is 3.34. The normalized spacial score (nSPS) is 28.4. The van der Waals surface area contributed by atoms with Crippen LogP contribution >= 0.6 is 15.9 Å². The van der Waals surface area contributed by atoms with Crippen molar-refractivity contribution in [2.45, 2.75) is 25.3 Å². The number of hydrogen-bond acceptors (Lipinski definition) is 4. The summed E-state index contributed by atoms with van der Waals surface area (Å²) in [5, 5.41) is 12.4. The second-order valence-electron chi connectivity index (χ2n) is 6.63. The number of ether oxygens (including phenoxy) is 2. The Morgan fingerprint density at radius 3 is 2.55 bits per heavy atom. The van der Waals surface area contributed by atoms with Gasteiger partial charge in [0.25, 0.3) is 0 Å². The highest BCUT2D eigenvalue weighted by atomic mass is 79.9. The number of aliphatic carboxylic acids is 1. The number of rotatable bonds is 2. The number of hydrogen-bond donors (Lipinski definition) is 2. The van der Waals surface area contributed by atoms with Gasteiger partial charge < -0.3 is 19.9 Å². The number of benzene rings is 1. The maximum atomic E-state index is 11.1. The first-order chi connectivity index (χ1) is 10.6. The first-order valence-electron chi connectivity index (χ1n) is 7.62. The third kappa shape index (κ3) is 2.48. The Bertz CT molecular complexity index is 629. The average molecular weight is 368 g/mol. The molecule has 1 aliphatic carbocycles. The predicted octanol–water partition coefficient (Wildman–Crippen LogP) is 2.74. The molecule has 2 aliphatic heterocycles. The lowest BCUT2D eigenvalue weighted by molar-refractivity contribution is -0.141. The summed E-state index contributed by atoms with van der Waals surface area (Å²) < 4.78 is 12.8. The van der Waals surface area contributed by atoms with Gasteiger partial charge in [0, 0.05) is 22.5 Å². The van der Waals surface area contributed by atoms with Gasteiger partial charge in [0.1, 0.15) is 0 Å². The molecule has 0 radical (unpaired) electrons. The van der Waals surface area contributed by atoms with Crippen LogP contribution in [0, 0.1) is 11.3 Å². The van der Waals surface area contributed by atoms with Crippen LogP contribution in [0.15, 0.2) is 16.6 Å². The molecule has 3 aliphatic rings. The minimum Gasteiger partial charge on any atom is -0.489 e. The van der Waals surface area contributed by atoms with Crippen LogP contribution in [0.4, 0.5) is 0 Å². The lowest BCUT2D eigenvalue weighted by Gasteiger charge is -2.16. The third-order valence-corrected chi connectivity index (χ3v) is 5.63. The second-order valence-corrected chi connectivity index (χ2v) is 7.48. The molecule has 2 unspecified atom stereocenters.